The summed E-state index contributed by atoms with van der Waals surface area (Å²) in [5.74, 6) is 0.793. The maximum atomic E-state index is 10.9. The molecule has 20 heavy (non-hydrogen) atoms. The average molecular weight is 278 g/mol. The number of hydrogen-bond acceptors (Lipinski definition) is 3. The van der Waals surface area contributed by atoms with Crippen molar-refractivity contribution in [2.24, 2.45) is 5.92 Å². The van der Waals surface area contributed by atoms with Gasteiger partial charge in [-0.05, 0) is 25.3 Å². The quantitative estimate of drug-likeness (QED) is 0.396. The Morgan fingerprint density at radius 3 is 2.55 bits per heavy atom. The van der Waals surface area contributed by atoms with Crippen LogP contribution in [0.15, 0.2) is 18.2 Å². The first-order valence-electron chi connectivity index (χ1n) is 7.49. The molecule has 0 saturated heterocycles. The summed E-state index contributed by atoms with van der Waals surface area (Å²) in [6, 6.07) is 5.32. The number of nitrogens with zero attached hydrogens (tertiary/aromatic N) is 1. The summed E-state index contributed by atoms with van der Waals surface area (Å²) >= 11 is 0. The molecule has 4 heteroatoms. The van der Waals surface area contributed by atoms with E-state index in [0.29, 0.717) is 5.56 Å². The summed E-state index contributed by atoms with van der Waals surface area (Å²) in [5.41, 5.74) is 1.73. The molecule has 0 aliphatic carbocycles. The maximum Gasteiger partial charge on any atom is 0.274 e. The van der Waals surface area contributed by atoms with Crippen LogP contribution in [-0.4, -0.2) is 11.5 Å². The van der Waals surface area contributed by atoms with Gasteiger partial charge in [0.25, 0.3) is 5.69 Å². The van der Waals surface area contributed by atoms with E-state index in [-0.39, 0.29) is 10.6 Å². The second kappa shape index (κ2) is 8.56. The minimum atomic E-state index is -0.327. The molecule has 112 valence electrons. The number of hydrogen-bond donors (Lipinski definition) is 1. The minimum Gasteiger partial charge on any atom is -0.385 e. The third-order valence-electron chi connectivity index (χ3n) is 3.44. The van der Waals surface area contributed by atoms with E-state index in [4.69, 9.17) is 0 Å². The fourth-order valence-electron chi connectivity index (χ4n) is 2.18. The van der Waals surface area contributed by atoms with Gasteiger partial charge in [0.05, 0.1) is 4.92 Å². The standard InChI is InChI=1S/C16H26N2O2/c1-13(2)8-6-4-5-7-11-17-15-10-9-14(3)16(12-15)18(19)20/h9-10,12-13,17H,4-8,11H2,1-3H3. The molecule has 0 aromatic heterocycles. The molecule has 0 aliphatic rings. The largest absolute Gasteiger partial charge is 0.385 e. The van der Waals surface area contributed by atoms with Crippen molar-refractivity contribution in [2.45, 2.75) is 52.9 Å². The lowest BCUT2D eigenvalue weighted by Gasteiger charge is -2.08. The van der Waals surface area contributed by atoms with Crippen molar-refractivity contribution < 1.29 is 4.92 Å². The first-order chi connectivity index (χ1) is 9.50. The Morgan fingerprint density at radius 2 is 1.90 bits per heavy atom. The number of unbranched alkanes of at least 4 members (excludes halogenated alkanes) is 3. The Morgan fingerprint density at radius 1 is 1.20 bits per heavy atom. The SMILES string of the molecule is Cc1ccc(NCCCCCCC(C)C)cc1[N+](=O)[O-]. The second-order valence-electron chi connectivity index (χ2n) is 5.78. The predicted molar refractivity (Wildman–Crippen MR) is 84.2 cm³/mol. The van der Waals surface area contributed by atoms with Crippen LogP contribution < -0.4 is 5.32 Å². The van der Waals surface area contributed by atoms with Crippen LogP contribution in [0.2, 0.25) is 0 Å². The van der Waals surface area contributed by atoms with E-state index in [1.807, 2.05) is 6.07 Å². The van der Waals surface area contributed by atoms with Crippen molar-refractivity contribution in [1.82, 2.24) is 0 Å². The normalized spacial score (nSPS) is 10.8. The highest BCUT2D eigenvalue weighted by molar-refractivity contribution is 5.54. The maximum absolute atomic E-state index is 10.9. The predicted octanol–water partition coefficient (Wildman–Crippen LogP) is 4.92. The number of nitro groups is 1. The van der Waals surface area contributed by atoms with E-state index < -0.39 is 0 Å². The highest BCUT2D eigenvalue weighted by Gasteiger charge is 2.10. The molecule has 0 radical (unpaired) electrons. The summed E-state index contributed by atoms with van der Waals surface area (Å²) in [5, 5.41) is 14.1. The number of anilines is 1. The van der Waals surface area contributed by atoms with Crippen molar-refractivity contribution in [3.05, 3.63) is 33.9 Å². The number of nitrogens with one attached hydrogen (secondary N) is 1. The molecule has 1 N–H and O–H groups in total. The minimum absolute atomic E-state index is 0.187. The van der Waals surface area contributed by atoms with Gasteiger partial charge in [0.1, 0.15) is 0 Å². The molecule has 1 aromatic rings. The Labute approximate surface area is 121 Å². The Bertz CT molecular complexity index is 430. The molecule has 0 amide bonds. The van der Waals surface area contributed by atoms with E-state index in [1.165, 1.54) is 25.7 Å². The lowest BCUT2D eigenvalue weighted by molar-refractivity contribution is -0.385. The van der Waals surface area contributed by atoms with Crippen LogP contribution in [0.5, 0.6) is 0 Å². The molecule has 0 aliphatic heterocycles. The summed E-state index contributed by atoms with van der Waals surface area (Å²) in [7, 11) is 0. The van der Waals surface area contributed by atoms with Crippen LogP contribution in [0, 0.1) is 23.0 Å². The van der Waals surface area contributed by atoms with Crippen LogP contribution in [0.3, 0.4) is 0 Å². The van der Waals surface area contributed by atoms with Gasteiger partial charge < -0.3 is 5.32 Å². The molecule has 0 heterocycles. The molecule has 0 atom stereocenters. The van der Waals surface area contributed by atoms with E-state index in [1.54, 1.807) is 19.1 Å². The van der Waals surface area contributed by atoms with Gasteiger partial charge in [0.15, 0.2) is 0 Å². The van der Waals surface area contributed by atoms with Crippen molar-refractivity contribution in [3.8, 4) is 0 Å². The molecule has 0 spiro atoms. The van der Waals surface area contributed by atoms with Gasteiger partial charge in [-0.2, -0.15) is 0 Å². The van der Waals surface area contributed by atoms with Gasteiger partial charge in [-0.15, -0.1) is 0 Å². The van der Waals surface area contributed by atoms with Crippen molar-refractivity contribution >= 4 is 11.4 Å². The van der Waals surface area contributed by atoms with E-state index in [2.05, 4.69) is 19.2 Å². The van der Waals surface area contributed by atoms with Crippen LogP contribution in [0.1, 0.15) is 51.5 Å². The number of rotatable bonds is 9. The molecule has 1 rings (SSSR count). The molecular formula is C16H26N2O2. The third-order valence-corrected chi connectivity index (χ3v) is 3.44. The van der Waals surface area contributed by atoms with Crippen LogP contribution >= 0.6 is 0 Å². The van der Waals surface area contributed by atoms with Gasteiger partial charge in [-0.25, -0.2) is 0 Å². The van der Waals surface area contributed by atoms with Gasteiger partial charge in [-0.1, -0.05) is 45.6 Å². The first-order valence-corrected chi connectivity index (χ1v) is 7.49. The lowest BCUT2D eigenvalue weighted by atomic mass is 10.0. The van der Waals surface area contributed by atoms with E-state index in [9.17, 15) is 10.1 Å². The second-order valence-corrected chi connectivity index (χ2v) is 5.78. The van der Waals surface area contributed by atoms with Gasteiger partial charge in [0.2, 0.25) is 0 Å². The third kappa shape index (κ3) is 6.04. The zero-order valence-electron chi connectivity index (χ0n) is 12.8. The van der Waals surface area contributed by atoms with Crippen molar-refractivity contribution in [1.29, 1.82) is 0 Å². The fraction of sp³-hybridized carbons (Fsp3) is 0.625. The monoisotopic (exact) mass is 278 g/mol. The molecular weight excluding hydrogens is 252 g/mol. The Hall–Kier alpha value is -1.58. The number of aryl methyl sites for hydroxylation is 1. The smallest absolute Gasteiger partial charge is 0.274 e. The van der Waals surface area contributed by atoms with Crippen molar-refractivity contribution in [2.75, 3.05) is 11.9 Å². The molecule has 0 fully saturated rings. The zero-order chi connectivity index (χ0) is 15.0. The highest BCUT2D eigenvalue weighted by Crippen LogP contribution is 2.22. The highest BCUT2D eigenvalue weighted by atomic mass is 16.6. The van der Waals surface area contributed by atoms with Gasteiger partial charge in [0, 0.05) is 23.9 Å². The van der Waals surface area contributed by atoms with Crippen molar-refractivity contribution in [3.63, 3.8) is 0 Å². The Balaban J connectivity index is 2.25. The van der Waals surface area contributed by atoms with Crippen LogP contribution in [-0.2, 0) is 0 Å². The van der Waals surface area contributed by atoms with E-state index in [0.717, 1.165) is 24.6 Å². The zero-order valence-corrected chi connectivity index (χ0v) is 12.8. The first kappa shape index (κ1) is 16.5. The molecule has 4 nitrogen and oxygen atoms in total. The summed E-state index contributed by atoms with van der Waals surface area (Å²) in [4.78, 5) is 10.5. The lowest BCUT2D eigenvalue weighted by Crippen LogP contribution is -2.02. The average Bonchev–Trinajstić information content (AvgIpc) is 2.38. The number of nitro benzene ring substituents is 1. The Kier molecular flexibility index (Phi) is 7.05. The van der Waals surface area contributed by atoms with Gasteiger partial charge in [-0.3, -0.25) is 10.1 Å². The molecule has 0 saturated carbocycles. The topological polar surface area (TPSA) is 55.2 Å². The number of benzene rings is 1. The fourth-order valence-corrected chi connectivity index (χ4v) is 2.18. The van der Waals surface area contributed by atoms with Crippen LogP contribution in [0.4, 0.5) is 11.4 Å². The molecule has 1 aromatic carbocycles. The summed E-state index contributed by atoms with van der Waals surface area (Å²) in [6.45, 7) is 7.15. The van der Waals surface area contributed by atoms with Crippen LogP contribution in [0.25, 0.3) is 0 Å². The summed E-state index contributed by atoms with van der Waals surface area (Å²) in [6.07, 6.45) is 6.20. The van der Waals surface area contributed by atoms with Gasteiger partial charge >= 0.3 is 0 Å². The summed E-state index contributed by atoms with van der Waals surface area (Å²) < 4.78 is 0. The molecule has 0 bridgehead atoms. The molecule has 0 unspecified atom stereocenters. The van der Waals surface area contributed by atoms with E-state index >= 15 is 0 Å².